The van der Waals surface area contributed by atoms with Crippen molar-refractivity contribution in [2.75, 3.05) is 7.05 Å². The average Bonchev–Trinajstić information content (AvgIpc) is 3.02. The standard InChI is InChI=1S/C13H22N2O2S2/c1-9-6-13(18-12(9)8-14-3)19(16,17)15-10(2)7-11-4-5-11/h6,10-11,14-15H,4-5,7-8H2,1-3H3. The van der Waals surface area contributed by atoms with E-state index in [1.54, 1.807) is 6.07 Å². The number of hydrogen-bond donors (Lipinski definition) is 2. The summed E-state index contributed by atoms with van der Waals surface area (Å²) in [6.07, 6.45) is 3.44. The lowest BCUT2D eigenvalue weighted by Crippen LogP contribution is -2.32. The quantitative estimate of drug-likeness (QED) is 0.812. The summed E-state index contributed by atoms with van der Waals surface area (Å²) in [6, 6.07) is 1.79. The number of thiophene rings is 1. The number of sulfonamides is 1. The summed E-state index contributed by atoms with van der Waals surface area (Å²) in [7, 11) is -1.49. The van der Waals surface area contributed by atoms with Crippen molar-refractivity contribution in [3.63, 3.8) is 0 Å². The summed E-state index contributed by atoms with van der Waals surface area (Å²) in [5.74, 6) is 0.725. The molecule has 1 aliphatic rings. The molecule has 1 fully saturated rings. The van der Waals surface area contributed by atoms with E-state index in [2.05, 4.69) is 10.0 Å². The van der Waals surface area contributed by atoms with E-state index in [1.807, 2.05) is 20.9 Å². The highest BCUT2D eigenvalue weighted by Gasteiger charge is 2.27. The molecule has 19 heavy (non-hydrogen) atoms. The molecule has 0 bridgehead atoms. The zero-order valence-corrected chi connectivity index (χ0v) is 13.3. The molecule has 108 valence electrons. The Kier molecular flexibility index (Phi) is 4.66. The first kappa shape index (κ1) is 15.0. The predicted molar refractivity (Wildman–Crippen MR) is 78.9 cm³/mol. The van der Waals surface area contributed by atoms with Crippen LogP contribution in [-0.4, -0.2) is 21.5 Å². The van der Waals surface area contributed by atoms with Gasteiger partial charge in [-0.15, -0.1) is 11.3 Å². The van der Waals surface area contributed by atoms with Crippen LogP contribution in [0.5, 0.6) is 0 Å². The zero-order valence-electron chi connectivity index (χ0n) is 11.7. The number of rotatable bonds is 7. The molecule has 4 nitrogen and oxygen atoms in total. The Labute approximate surface area is 119 Å². The lowest BCUT2D eigenvalue weighted by atomic mass is 10.2. The fourth-order valence-corrected chi connectivity index (χ4v) is 5.06. The highest BCUT2D eigenvalue weighted by Crippen LogP contribution is 2.34. The first-order chi connectivity index (χ1) is 8.92. The summed E-state index contributed by atoms with van der Waals surface area (Å²) in [5.41, 5.74) is 1.04. The van der Waals surface area contributed by atoms with Crippen LogP contribution >= 0.6 is 11.3 Å². The number of nitrogens with one attached hydrogen (secondary N) is 2. The van der Waals surface area contributed by atoms with Crippen LogP contribution in [0, 0.1) is 12.8 Å². The first-order valence-corrected chi connectivity index (χ1v) is 8.98. The van der Waals surface area contributed by atoms with Gasteiger partial charge in [-0.1, -0.05) is 12.8 Å². The first-order valence-electron chi connectivity index (χ1n) is 6.68. The molecular weight excluding hydrogens is 280 g/mol. The molecule has 2 rings (SSSR count). The van der Waals surface area contributed by atoms with Crippen LogP contribution in [0.3, 0.4) is 0 Å². The Morgan fingerprint density at radius 3 is 2.74 bits per heavy atom. The molecule has 0 spiro atoms. The van der Waals surface area contributed by atoms with Gasteiger partial charge >= 0.3 is 0 Å². The fraction of sp³-hybridized carbons (Fsp3) is 0.692. The van der Waals surface area contributed by atoms with E-state index < -0.39 is 10.0 Å². The maximum atomic E-state index is 12.3. The molecule has 6 heteroatoms. The molecule has 1 saturated carbocycles. The van der Waals surface area contributed by atoms with Crippen LogP contribution in [0.2, 0.25) is 0 Å². The summed E-state index contributed by atoms with van der Waals surface area (Å²) in [6.45, 7) is 4.62. The van der Waals surface area contributed by atoms with Gasteiger partial charge in [0.15, 0.2) is 0 Å². The normalized spacial score (nSPS) is 17.6. The van der Waals surface area contributed by atoms with Crippen molar-refractivity contribution in [2.45, 2.75) is 49.9 Å². The molecule has 1 heterocycles. The highest BCUT2D eigenvalue weighted by atomic mass is 32.2. The minimum atomic E-state index is -3.36. The van der Waals surface area contributed by atoms with Crippen LogP contribution in [0.25, 0.3) is 0 Å². The minimum absolute atomic E-state index is 0.0210. The van der Waals surface area contributed by atoms with Gasteiger partial charge < -0.3 is 5.32 Å². The zero-order chi connectivity index (χ0) is 14.0. The second-order valence-electron chi connectivity index (χ2n) is 5.40. The van der Waals surface area contributed by atoms with Crippen molar-refractivity contribution in [1.29, 1.82) is 0 Å². The monoisotopic (exact) mass is 302 g/mol. The third-order valence-electron chi connectivity index (χ3n) is 3.34. The molecule has 2 N–H and O–H groups in total. The van der Waals surface area contributed by atoms with Crippen LogP contribution < -0.4 is 10.0 Å². The van der Waals surface area contributed by atoms with Crippen LogP contribution in [0.4, 0.5) is 0 Å². The topological polar surface area (TPSA) is 58.2 Å². The molecule has 0 saturated heterocycles. The van der Waals surface area contributed by atoms with Gasteiger partial charge in [-0.2, -0.15) is 0 Å². The van der Waals surface area contributed by atoms with Crippen molar-refractivity contribution < 1.29 is 8.42 Å². The summed E-state index contributed by atoms with van der Waals surface area (Å²) < 4.78 is 27.8. The maximum absolute atomic E-state index is 12.3. The summed E-state index contributed by atoms with van der Waals surface area (Å²) in [4.78, 5) is 1.08. The van der Waals surface area contributed by atoms with Gasteiger partial charge in [0, 0.05) is 17.5 Å². The fourth-order valence-electron chi connectivity index (χ4n) is 2.18. The lowest BCUT2D eigenvalue weighted by Gasteiger charge is -2.12. The van der Waals surface area contributed by atoms with Crippen molar-refractivity contribution in [3.8, 4) is 0 Å². The molecular formula is C13H22N2O2S2. The van der Waals surface area contributed by atoms with Crippen LogP contribution in [-0.2, 0) is 16.6 Å². The SMILES string of the molecule is CNCc1sc(S(=O)(=O)NC(C)CC2CC2)cc1C. The Bertz CT molecular complexity index is 533. The Morgan fingerprint density at radius 1 is 1.47 bits per heavy atom. The van der Waals surface area contributed by atoms with Crippen molar-refractivity contribution in [2.24, 2.45) is 5.92 Å². The maximum Gasteiger partial charge on any atom is 0.250 e. The Morgan fingerprint density at radius 2 is 2.16 bits per heavy atom. The van der Waals surface area contributed by atoms with Gasteiger partial charge in [0.25, 0.3) is 0 Å². The predicted octanol–water partition coefficient (Wildman–Crippen LogP) is 2.24. The van der Waals surface area contributed by atoms with Gasteiger partial charge in [0.1, 0.15) is 4.21 Å². The number of aryl methyl sites for hydroxylation is 1. The van der Waals surface area contributed by atoms with Gasteiger partial charge in [0.05, 0.1) is 0 Å². The molecule has 1 aromatic rings. The third kappa shape index (κ3) is 4.02. The van der Waals surface area contributed by atoms with E-state index in [0.29, 0.717) is 10.8 Å². The molecule has 0 aromatic carbocycles. The largest absolute Gasteiger partial charge is 0.315 e. The Hall–Kier alpha value is -0.430. The van der Waals surface area contributed by atoms with E-state index in [1.165, 1.54) is 24.2 Å². The molecule has 0 radical (unpaired) electrons. The van der Waals surface area contributed by atoms with Gasteiger partial charge in [-0.3, -0.25) is 0 Å². The molecule has 1 aromatic heterocycles. The molecule has 0 aliphatic heterocycles. The minimum Gasteiger partial charge on any atom is -0.315 e. The van der Waals surface area contributed by atoms with Gasteiger partial charge in [-0.25, -0.2) is 13.1 Å². The van der Waals surface area contributed by atoms with Crippen molar-refractivity contribution in [3.05, 3.63) is 16.5 Å². The Balaban J connectivity index is 2.07. The summed E-state index contributed by atoms with van der Waals surface area (Å²) in [5, 5.41) is 3.06. The van der Waals surface area contributed by atoms with Gasteiger partial charge in [-0.05, 0) is 44.9 Å². The lowest BCUT2D eigenvalue weighted by molar-refractivity contribution is 0.531. The molecule has 0 amide bonds. The summed E-state index contributed by atoms with van der Waals surface area (Å²) >= 11 is 1.35. The average molecular weight is 302 g/mol. The number of hydrogen-bond acceptors (Lipinski definition) is 4. The highest BCUT2D eigenvalue weighted by molar-refractivity contribution is 7.91. The van der Waals surface area contributed by atoms with E-state index >= 15 is 0 Å². The van der Waals surface area contributed by atoms with E-state index in [0.717, 1.165) is 22.8 Å². The smallest absolute Gasteiger partial charge is 0.250 e. The molecule has 1 atom stereocenters. The molecule has 1 unspecified atom stereocenters. The van der Waals surface area contributed by atoms with Crippen molar-refractivity contribution in [1.82, 2.24) is 10.0 Å². The van der Waals surface area contributed by atoms with E-state index in [-0.39, 0.29) is 6.04 Å². The van der Waals surface area contributed by atoms with E-state index in [9.17, 15) is 8.42 Å². The van der Waals surface area contributed by atoms with Gasteiger partial charge in [0.2, 0.25) is 10.0 Å². The van der Waals surface area contributed by atoms with Crippen LogP contribution in [0.15, 0.2) is 10.3 Å². The molecule has 1 aliphatic carbocycles. The van der Waals surface area contributed by atoms with E-state index in [4.69, 9.17) is 0 Å². The van der Waals surface area contributed by atoms with Crippen molar-refractivity contribution >= 4 is 21.4 Å². The third-order valence-corrected chi connectivity index (χ3v) is 6.64. The second-order valence-corrected chi connectivity index (χ2v) is 8.48. The second kappa shape index (κ2) is 5.91. The van der Waals surface area contributed by atoms with Crippen LogP contribution in [0.1, 0.15) is 36.6 Å².